The molecule has 0 spiro atoms. The summed E-state index contributed by atoms with van der Waals surface area (Å²) < 4.78 is 129. The van der Waals surface area contributed by atoms with Crippen LogP contribution in [0.15, 0.2) is 117 Å². The summed E-state index contributed by atoms with van der Waals surface area (Å²) >= 11 is 0. The van der Waals surface area contributed by atoms with Gasteiger partial charge in [0.1, 0.15) is 47.1 Å². The van der Waals surface area contributed by atoms with Crippen molar-refractivity contribution in [2.24, 2.45) is 0 Å². The zero-order chi connectivity index (χ0) is 102. The molecule has 140 heavy (non-hydrogen) atoms. The Morgan fingerprint density at radius 2 is 0.807 bits per heavy atom. The molecule has 0 saturated carbocycles. The average molecular weight is 2200 g/mol. The second-order valence-electron chi connectivity index (χ2n) is 33.3. The van der Waals surface area contributed by atoms with E-state index in [2.05, 4.69) is 77.2 Å². The molecule has 1 aliphatic heterocycles. The van der Waals surface area contributed by atoms with E-state index in [1.54, 1.807) is 74.8 Å². The summed E-state index contributed by atoms with van der Waals surface area (Å²) in [6, 6.07) is 5.10. The Balaban J connectivity index is 0.0000240. The summed E-state index contributed by atoms with van der Waals surface area (Å²) in [5, 5.41) is 72.3. The van der Waals surface area contributed by atoms with E-state index < -0.39 is 235 Å². The number of hydrogen-bond acceptors (Lipinski definition) is 31. The van der Waals surface area contributed by atoms with Gasteiger partial charge >= 0.3 is 29.8 Å². The quantitative estimate of drug-likeness (QED) is 0.0156. The van der Waals surface area contributed by atoms with Crippen molar-refractivity contribution in [2.75, 3.05) is 127 Å². The molecule has 1 radical (unpaired) electrons. The van der Waals surface area contributed by atoms with Gasteiger partial charge in [-0.1, -0.05) is 47.5 Å². The predicted octanol–water partition coefficient (Wildman–Crippen LogP) is -1.31. The van der Waals surface area contributed by atoms with E-state index in [-0.39, 0.29) is 166 Å². The first-order chi connectivity index (χ1) is 65.4. The number of carbonyl (C=O) groups excluding carboxylic acids is 7. The predicted molar refractivity (Wildman–Crippen MR) is 503 cm³/mol. The minimum Gasteiger partial charge on any atom is -0.480 e. The molecule has 8 aromatic rings. The Morgan fingerprint density at radius 1 is 0.443 bits per heavy atom. The molecule has 9 rings (SSSR count). The number of aryl methyl sites for hydroxylation is 8. The number of aliphatic carboxylic acids is 5. The summed E-state index contributed by atoms with van der Waals surface area (Å²) in [5.41, 5.74) is 1.40. The Labute approximate surface area is 833 Å². The maximum Gasteiger partial charge on any atom is 0.323 e. The van der Waals surface area contributed by atoms with Crippen LogP contribution in [-0.2, 0) is 104 Å². The SMILES string of the molecule is Cc1cc(C)c(S(=O)(=O)N[C@@H](CNC(=O)c2cn(CCCNC(=O)[C@H](CS(O)(O)O)NC(=O)CC[C@H](NC(=O)CN3CCN(CC(=O)O)CCN(CC(=O)O)CCN(CC(=O)O)CC3)C(=O)N[C@@H](CS(=O)(=O)O)C(=O)NCCCn3cc(C(=O)NC[C@H](NS(=O)(=O)c4c(C)cc(C)cc4C)C(=O)O)c(=O)c4ccc(CNc5ncc[nH]5)cc43)c3cc(CNc4ncc[nH]4)ccc3c2=O)C(=O)O)c(C)c1.[Lu]. The Bertz CT molecular complexity index is 6290. The first kappa shape index (κ1) is 113. The normalized spacial score (nSPS) is 14.6. The van der Waals surface area contributed by atoms with Crippen molar-refractivity contribution < 1.29 is 163 Å². The number of aromatic nitrogens is 6. The molecular weight excluding hydrogens is 2080 g/mol. The zero-order valence-electron chi connectivity index (χ0n) is 76.7. The molecule has 1 aliphatic rings. The maximum absolute atomic E-state index is 14.9. The monoisotopic (exact) mass is 2190 g/mol. The van der Waals surface area contributed by atoms with Crippen molar-refractivity contribution in [3.05, 3.63) is 174 Å². The number of benzene rings is 4. The third-order valence-electron chi connectivity index (χ3n) is 22.1. The van der Waals surface area contributed by atoms with E-state index in [9.17, 15) is 136 Å². The summed E-state index contributed by atoms with van der Waals surface area (Å²) in [6.45, 7) is 3.82. The molecule has 22 N–H and O–H groups in total. The molecule has 771 valence electrons. The van der Waals surface area contributed by atoms with Crippen molar-refractivity contribution in [1.29, 1.82) is 0 Å². The number of pyridine rings is 2. The average Bonchev–Trinajstić information content (AvgIpc) is 0.870. The van der Waals surface area contributed by atoms with Crippen LogP contribution in [0.1, 0.15) is 90.9 Å². The van der Waals surface area contributed by atoms with Crippen molar-refractivity contribution >= 4 is 146 Å². The molecule has 5 atom stereocenters. The van der Waals surface area contributed by atoms with Gasteiger partial charge in [0.25, 0.3) is 21.9 Å². The summed E-state index contributed by atoms with van der Waals surface area (Å²) in [7, 11) is -19.1. The molecule has 4 aromatic heterocycles. The van der Waals surface area contributed by atoms with Crippen LogP contribution in [0.2, 0.25) is 0 Å². The number of carbonyl (C=O) groups is 12. The largest absolute Gasteiger partial charge is 0.480 e. The smallest absolute Gasteiger partial charge is 0.323 e. The Kier molecular flexibility index (Phi) is 41.6. The number of carboxylic acids is 5. The van der Waals surface area contributed by atoms with Gasteiger partial charge in [0.2, 0.25) is 60.4 Å². The zero-order valence-corrected chi connectivity index (χ0v) is 81.6. The van der Waals surface area contributed by atoms with Crippen LogP contribution in [0, 0.1) is 78.4 Å². The number of nitrogens with one attached hydrogen (secondary N) is 13. The van der Waals surface area contributed by atoms with Crippen LogP contribution < -0.4 is 68.2 Å². The van der Waals surface area contributed by atoms with Crippen LogP contribution in [0.3, 0.4) is 0 Å². The van der Waals surface area contributed by atoms with Gasteiger partial charge in [-0.05, 0) is 118 Å². The van der Waals surface area contributed by atoms with Gasteiger partial charge in [0.05, 0.1) is 63.6 Å². The summed E-state index contributed by atoms with van der Waals surface area (Å²) in [6.07, 6.45) is 6.23. The molecule has 0 aliphatic carbocycles. The second kappa shape index (κ2) is 51.4. The maximum atomic E-state index is 14.9. The van der Waals surface area contributed by atoms with E-state index in [1.165, 1.54) is 81.0 Å². The third kappa shape index (κ3) is 34.5. The first-order valence-corrected chi connectivity index (χ1v) is 49.6. The molecular formula is C85H113LuN21O29S4. The van der Waals surface area contributed by atoms with Crippen LogP contribution >= 0.6 is 10.9 Å². The number of carboxylic acid groups (broad SMARTS) is 5. The number of hydrogen-bond donors (Lipinski definition) is 22. The van der Waals surface area contributed by atoms with Gasteiger partial charge in [-0.3, -0.25) is 91.3 Å². The second-order valence-corrected chi connectivity index (χ2v) is 39.7. The van der Waals surface area contributed by atoms with Crippen molar-refractivity contribution in [3.8, 4) is 0 Å². The van der Waals surface area contributed by atoms with Gasteiger partial charge < -0.3 is 106 Å². The molecule has 50 nitrogen and oxygen atoms in total. The number of anilines is 2. The molecule has 1 fully saturated rings. The number of aromatic amines is 2. The van der Waals surface area contributed by atoms with E-state index in [4.69, 9.17) is 0 Å². The van der Waals surface area contributed by atoms with Crippen molar-refractivity contribution in [2.45, 2.75) is 133 Å². The van der Waals surface area contributed by atoms with E-state index >= 15 is 0 Å². The Morgan fingerprint density at radius 3 is 1.15 bits per heavy atom. The summed E-state index contributed by atoms with van der Waals surface area (Å²) in [5.74, 6) is -17.8. The third-order valence-corrected chi connectivity index (χ3v) is 27.1. The van der Waals surface area contributed by atoms with Gasteiger partial charge in [-0.15, -0.1) is 0 Å². The minimum atomic E-state index is -5.30. The number of H-pyrrole nitrogens is 2. The van der Waals surface area contributed by atoms with Gasteiger partial charge in [0, 0.05) is 196 Å². The number of fused-ring (bicyclic) bond motifs is 2. The van der Waals surface area contributed by atoms with Gasteiger partial charge in [0.15, 0.2) is 11.9 Å². The fourth-order valence-corrected chi connectivity index (χ4v) is 20.4. The number of rotatable bonds is 49. The van der Waals surface area contributed by atoms with Crippen molar-refractivity contribution in [3.63, 3.8) is 0 Å². The van der Waals surface area contributed by atoms with E-state index in [1.807, 2.05) is 0 Å². The van der Waals surface area contributed by atoms with Crippen molar-refractivity contribution in [1.82, 2.24) is 95.3 Å². The Hall–Kier alpha value is -12.0. The van der Waals surface area contributed by atoms with Crippen LogP contribution in [0.25, 0.3) is 21.8 Å². The van der Waals surface area contributed by atoms with Gasteiger partial charge in [-0.25, -0.2) is 26.8 Å². The fourth-order valence-electron chi connectivity index (χ4n) is 15.8. The molecule has 1 saturated heterocycles. The van der Waals surface area contributed by atoms with Gasteiger partial charge in [-0.2, -0.15) is 17.9 Å². The molecule has 0 unspecified atom stereocenters. The summed E-state index contributed by atoms with van der Waals surface area (Å²) in [4.78, 5) is 210. The molecule has 55 heteroatoms. The first-order valence-electron chi connectivity index (χ1n) is 43.3. The molecule has 4 aromatic carbocycles. The fraction of sp³-hybridized carbons (Fsp3) is 0.435. The minimum absolute atomic E-state index is 0. The number of imidazole rings is 2. The van der Waals surface area contributed by atoms with E-state index in [0.29, 0.717) is 45.3 Å². The molecule has 5 heterocycles. The van der Waals surface area contributed by atoms with E-state index in [0.717, 1.165) is 23.5 Å². The number of nitrogens with zero attached hydrogens (tertiary/aromatic N) is 8. The number of sulfonamides is 2. The van der Waals surface area contributed by atoms with Crippen LogP contribution in [-0.4, -0.2) is 335 Å². The van der Waals surface area contributed by atoms with Crippen LogP contribution in [0.4, 0.5) is 11.9 Å². The standard InChI is InChI=1S/C85H113N21O29S4.Lu/c1-49-31-51(3)75(52(4)32-49)138(132,133)99-62(82(122)123)39-92-77(117)59-41-105(66-35-55(9-11-57(66)73(59)115)37-94-84-88-17-18-89-84)21-7-15-86-79(119)64(47-136(126,127)128)97-68(107)14-13-61(96-69(108)43-101-23-25-102(44-70(109)110)27-29-104(46-72(113)114)30-28-103(26-24-101)45-71(111)112)81(121)98-65(48-137(129,130)131)80(120)87-16-8-22-106-42-60(74(116)58-12-10-56(36-67(58)106)38-95-85-90-19-20-91-85)78(118)93-40-63(83(124)125)100-139(134,135)76-53(5)33-50(2)34-54(76)6;/h9-12,17-20,31-36,41-42,61-65,99-100,126-128H,7-8,13-16,21-30,37-40,43-48H2,1-6H3,(H,86,119)(H,87,120)(H,92,117)(H,93,118)(H,96,108)(H,97,107)(H,98,121)(H,109,110)(H,111,112)(H,113,114)(H,122,123)(H,124,125)(H2,88,89,94)(H2,90,91,95)(H,129,130,131);/t61-,62-,63-,64-,65-;/m0./s1. The topological polar surface area (TPSA) is 736 Å². The number of amides is 7. The molecule has 0 bridgehead atoms. The van der Waals surface area contributed by atoms with Crippen LogP contribution in [0.5, 0.6) is 0 Å². The molecule has 7 amide bonds.